The van der Waals surface area contributed by atoms with Crippen molar-refractivity contribution in [2.24, 2.45) is 0 Å². The largest absolute Gasteiger partial charge is 0.307 e. The van der Waals surface area contributed by atoms with Crippen LogP contribution in [0.15, 0.2) is 53.0 Å². The van der Waals surface area contributed by atoms with Crippen LogP contribution in [0.1, 0.15) is 42.9 Å². The molecule has 2 aromatic carbocycles. The lowest BCUT2D eigenvalue weighted by molar-refractivity contribution is 0.270. The lowest BCUT2D eigenvalue weighted by Gasteiger charge is -2.38. The molecule has 0 radical (unpaired) electrons. The Bertz CT molecular complexity index is 622. The SMILES string of the molecule is CC(NC1CC(c2ccccc2Cl)C1)c1ccccc1Br. The van der Waals surface area contributed by atoms with E-state index in [2.05, 4.69) is 64.6 Å². The van der Waals surface area contributed by atoms with Crippen LogP contribution in [0.2, 0.25) is 5.02 Å². The van der Waals surface area contributed by atoms with Crippen molar-refractivity contribution < 1.29 is 0 Å². The van der Waals surface area contributed by atoms with Crippen LogP contribution in [-0.4, -0.2) is 6.04 Å². The van der Waals surface area contributed by atoms with Gasteiger partial charge in [-0.05, 0) is 48.9 Å². The Balaban J connectivity index is 1.58. The van der Waals surface area contributed by atoms with E-state index in [1.165, 1.54) is 28.4 Å². The average Bonchev–Trinajstić information content (AvgIpc) is 2.44. The molecule has 0 aliphatic heterocycles. The van der Waals surface area contributed by atoms with Crippen LogP contribution in [0.5, 0.6) is 0 Å². The smallest absolute Gasteiger partial charge is 0.0440 e. The zero-order valence-electron chi connectivity index (χ0n) is 12.0. The van der Waals surface area contributed by atoms with Gasteiger partial charge in [-0.25, -0.2) is 0 Å². The summed E-state index contributed by atoms with van der Waals surface area (Å²) in [5.41, 5.74) is 2.62. The fourth-order valence-corrected chi connectivity index (χ4v) is 4.00. The minimum Gasteiger partial charge on any atom is -0.307 e. The van der Waals surface area contributed by atoms with Crippen LogP contribution in [0, 0.1) is 0 Å². The van der Waals surface area contributed by atoms with Gasteiger partial charge in [-0.2, -0.15) is 0 Å². The summed E-state index contributed by atoms with van der Waals surface area (Å²) in [7, 11) is 0. The molecule has 21 heavy (non-hydrogen) atoms. The van der Waals surface area contributed by atoms with E-state index in [0.717, 1.165) is 5.02 Å². The molecule has 0 spiro atoms. The van der Waals surface area contributed by atoms with Crippen LogP contribution in [0.3, 0.4) is 0 Å². The molecule has 1 saturated carbocycles. The van der Waals surface area contributed by atoms with Crippen molar-refractivity contribution in [1.29, 1.82) is 0 Å². The van der Waals surface area contributed by atoms with Gasteiger partial charge in [0.15, 0.2) is 0 Å². The van der Waals surface area contributed by atoms with Crippen molar-refractivity contribution >= 4 is 27.5 Å². The van der Waals surface area contributed by atoms with E-state index in [-0.39, 0.29) is 0 Å². The van der Waals surface area contributed by atoms with E-state index in [4.69, 9.17) is 11.6 Å². The standard InChI is InChI=1S/C18H19BrClN/c1-12(15-6-2-4-8-17(15)19)21-14-10-13(11-14)16-7-3-5-9-18(16)20/h2-9,12-14,21H,10-11H2,1H3. The quantitative estimate of drug-likeness (QED) is 0.734. The lowest BCUT2D eigenvalue weighted by atomic mass is 9.75. The second-order valence-corrected chi connectivity index (χ2v) is 7.06. The summed E-state index contributed by atoms with van der Waals surface area (Å²) in [4.78, 5) is 0. The molecule has 0 heterocycles. The van der Waals surface area contributed by atoms with E-state index in [1.54, 1.807) is 0 Å². The predicted molar refractivity (Wildman–Crippen MR) is 92.9 cm³/mol. The summed E-state index contributed by atoms with van der Waals surface area (Å²) < 4.78 is 1.17. The molecule has 110 valence electrons. The zero-order chi connectivity index (χ0) is 14.8. The maximum absolute atomic E-state index is 6.28. The normalized spacial score (nSPS) is 22.6. The predicted octanol–water partition coefficient (Wildman–Crippen LogP) is 5.70. The first-order chi connectivity index (χ1) is 10.1. The number of hydrogen-bond donors (Lipinski definition) is 1. The highest BCUT2D eigenvalue weighted by atomic mass is 79.9. The Morgan fingerprint density at radius 3 is 2.48 bits per heavy atom. The molecule has 1 atom stereocenters. The van der Waals surface area contributed by atoms with Gasteiger partial charge in [-0.3, -0.25) is 0 Å². The molecular weight excluding hydrogens is 346 g/mol. The third kappa shape index (κ3) is 3.33. The monoisotopic (exact) mass is 363 g/mol. The Morgan fingerprint density at radius 1 is 1.10 bits per heavy atom. The van der Waals surface area contributed by atoms with Crippen molar-refractivity contribution in [3.05, 3.63) is 69.2 Å². The maximum Gasteiger partial charge on any atom is 0.0440 e. The number of halogens is 2. The van der Waals surface area contributed by atoms with Crippen LogP contribution in [-0.2, 0) is 0 Å². The first-order valence-corrected chi connectivity index (χ1v) is 8.57. The van der Waals surface area contributed by atoms with Gasteiger partial charge in [0.2, 0.25) is 0 Å². The topological polar surface area (TPSA) is 12.0 Å². The summed E-state index contributed by atoms with van der Waals surface area (Å²) in [5, 5.41) is 4.62. The summed E-state index contributed by atoms with van der Waals surface area (Å²) in [5.74, 6) is 0.600. The fourth-order valence-electron chi connectivity index (χ4n) is 3.08. The molecular formula is C18H19BrClN. The van der Waals surface area contributed by atoms with Crippen LogP contribution < -0.4 is 5.32 Å². The van der Waals surface area contributed by atoms with Crippen LogP contribution in [0.4, 0.5) is 0 Å². The van der Waals surface area contributed by atoms with Crippen LogP contribution >= 0.6 is 27.5 Å². The van der Waals surface area contributed by atoms with E-state index in [9.17, 15) is 0 Å². The molecule has 0 bridgehead atoms. The van der Waals surface area contributed by atoms with Gasteiger partial charge in [0.25, 0.3) is 0 Å². The Labute approximate surface area is 139 Å². The number of rotatable bonds is 4. The molecule has 1 aliphatic rings. The Kier molecular flexibility index (Phi) is 4.68. The first-order valence-electron chi connectivity index (χ1n) is 7.40. The highest BCUT2D eigenvalue weighted by Gasteiger charge is 2.32. The summed E-state index contributed by atoms with van der Waals surface area (Å²) in [6.07, 6.45) is 2.33. The van der Waals surface area contributed by atoms with Gasteiger partial charge in [-0.1, -0.05) is 63.9 Å². The van der Waals surface area contributed by atoms with Crippen molar-refractivity contribution in [3.8, 4) is 0 Å². The first kappa shape index (κ1) is 15.1. The lowest BCUT2D eigenvalue weighted by Crippen LogP contribution is -2.41. The number of benzene rings is 2. The molecule has 0 aromatic heterocycles. The Hall–Kier alpha value is -0.830. The van der Waals surface area contributed by atoms with E-state index < -0.39 is 0 Å². The van der Waals surface area contributed by atoms with Crippen molar-refractivity contribution in [2.45, 2.75) is 37.8 Å². The molecule has 3 heteroatoms. The molecule has 1 fully saturated rings. The number of hydrogen-bond acceptors (Lipinski definition) is 1. The van der Waals surface area contributed by atoms with Gasteiger partial charge >= 0.3 is 0 Å². The fraction of sp³-hybridized carbons (Fsp3) is 0.333. The molecule has 0 saturated heterocycles. The molecule has 3 rings (SSSR count). The third-order valence-corrected chi connectivity index (χ3v) is 5.41. The van der Waals surface area contributed by atoms with E-state index >= 15 is 0 Å². The molecule has 1 nitrogen and oxygen atoms in total. The number of nitrogens with one attached hydrogen (secondary N) is 1. The summed E-state index contributed by atoms with van der Waals surface area (Å²) in [6, 6.07) is 17.6. The molecule has 1 N–H and O–H groups in total. The van der Waals surface area contributed by atoms with Gasteiger partial charge in [0.1, 0.15) is 0 Å². The third-order valence-electron chi connectivity index (χ3n) is 4.34. The minimum absolute atomic E-state index is 0.359. The molecule has 1 unspecified atom stereocenters. The molecule has 0 amide bonds. The van der Waals surface area contributed by atoms with Gasteiger partial charge in [0.05, 0.1) is 0 Å². The van der Waals surface area contributed by atoms with Crippen molar-refractivity contribution in [2.75, 3.05) is 0 Å². The van der Waals surface area contributed by atoms with Crippen molar-refractivity contribution in [3.63, 3.8) is 0 Å². The summed E-state index contributed by atoms with van der Waals surface area (Å²) >= 11 is 9.90. The second kappa shape index (κ2) is 6.51. The zero-order valence-corrected chi connectivity index (χ0v) is 14.4. The summed E-state index contributed by atoms with van der Waals surface area (Å²) in [6.45, 7) is 2.23. The van der Waals surface area contributed by atoms with Gasteiger partial charge in [-0.15, -0.1) is 0 Å². The van der Waals surface area contributed by atoms with Crippen molar-refractivity contribution in [1.82, 2.24) is 5.32 Å². The second-order valence-electron chi connectivity index (χ2n) is 5.80. The maximum atomic E-state index is 6.28. The molecule has 2 aromatic rings. The molecule has 1 aliphatic carbocycles. The van der Waals surface area contributed by atoms with Crippen LogP contribution in [0.25, 0.3) is 0 Å². The minimum atomic E-state index is 0.359. The highest BCUT2D eigenvalue weighted by Crippen LogP contribution is 2.40. The van der Waals surface area contributed by atoms with E-state index in [0.29, 0.717) is 18.0 Å². The highest BCUT2D eigenvalue weighted by molar-refractivity contribution is 9.10. The average molecular weight is 365 g/mol. The van der Waals surface area contributed by atoms with Gasteiger partial charge < -0.3 is 5.32 Å². The van der Waals surface area contributed by atoms with E-state index in [1.807, 2.05) is 12.1 Å². The van der Waals surface area contributed by atoms with Gasteiger partial charge in [0, 0.05) is 21.6 Å². The Morgan fingerprint density at radius 2 is 1.76 bits per heavy atom.